The second-order valence-corrected chi connectivity index (χ2v) is 12.4. The highest BCUT2D eigenvalue weighted by atomic mass is 33.1. The van der Waals surface area contributed by atoms with E-state index in [2.05, 4.69) is 27.7 Å². The van der Waals surface area contributed by atoms with Gasteiger partial charge in [0.15, 0.2) is 0 Å². The van der Waals surface area contributed by atoms with Gasteiger partial charge >= 0.3 is 0 Å². The summed E-state index contributed by atoms with van der Waals surface area (Å²) in [6.45, 7) is 9.07. The number of carbonyl (C=O) groups is 2. The van der Waals surface area contributed by atoms with E-state index in [1.165, 1.54) is 0 Å². The van der Waals surface area contributed by atoms with E-state index in [1.807, 2.05) is 21.6 Å². The zero-order valence-corrected chi connectivity index (χ0v) is 17.0. The molecule has 6 atom stereocenters. The Bertz CT molecular complexity index is 518. The van der Waals surface area contributed by atoms with Crippen molar-refractivity contribution in [3.63, 3.8) is 0 Å². The van der Waals surface area contributed by atoms with Crippen molar-refractivity contribution in [3.8, 4) is 0 Å². The fourth-order valence-electron chi connectivity index (χ4n) is 5.85. The number of rotatable bonds is 5. The molecule has 0 heterocycles. The molecule has 0 saturated heterocycles. The first kappa shape index (κ1) is 17.5. The third kappa shape index (κ3) is 2.46. The van der Waals surface area contributed by atoms with Crippen LogP contribution < -0.4 is 0 Å². The van der Waals surface area contributed by atoms with Crippen LogP contribution >= 0.6 is 21.6 Å². The molecule has 6 aliphatic carbocycles. The molecule has 6 rings (SSSR count). The lowest BCUT2D eigenvalue weighted by Crippen LogP contribution is -2.56. The van der Waals surface area contributed by atoms with Crippen LogP contribution in [0.3, 0.4) is 0 Å². The molecule has 0 amide bonds. The molecule has 0 aromatic rings. The molecule has 0 aromatic carbocycles. The van der Waals surface area contributed by atoms with Gasteiger partial charge in [0.25, 0.3) is 0 Å². The molecule has 2 nitrogen and oxygen atoms in total. The van der Waals surface area contributed by atoms with Crippen molar-refractivity contribution < 1.29 is 9.59 Å². The fourth-order valence-corrected chi connectivity index (χ4v) is 8.53. The number of carbonyl (C=O) groups excluding carboxylic acids is 2. The topological polar surface area (TPSA) is 34.1 Å². The monoisotopic (exact) mass is 366 g/mol. The van der Waals surface area contributed by atoms with Crippen LogP contribution in [0.4, 0.5) is 0 Å². The standard InChI is InChI=1S/C20H30O2S2/c1-19(2)13-5-11(17(21)15(19)7-13)9-23-24-10-12-6-14-8-16(18(12)22)20(14,3)4/h11-16H,5-10H2,1-4H3/t11-,12-,13-,14-,15-,16-/m0/s1. The van der Waals surface area contributed by atoms with E-state index < -0.39 is 0 Å². The Balaban J connectivity index is 1.21. The Morgan fingerprint density at radius 3 is 1.42 bits per heavy atom. The molecule has 6 aliphatic rings. The minimum Gasteiger partial charge on any atom is -0.299 e. The van der Waals surface area contributed by atoms with E-state index in [0.29, 0.717) is 23.4 Å². The minimum atomic E-state index is 0.258. The van der Waals surface area contributed by atoms with Crippen LogP contribution in [0.2, 0.25) is 0 Å². The number of fused-ring (bicyclic) bond motifs is 4. The van der Waals surface area contributed by atoms with Gasteiger partial charge in [0.2, 0.25) is 0 Å². The Labute approximate surface area is 154 Å². The maximum Gasteiger partial charge on any atom is 0.140 e. The number of hydrogen-bond acceptors (Lipinski definition) is 4. The molecule has 0 radical (unpaired) electrons. The smallest absolute Gasteiger partial charge is 0.140 e. The summed E-state index contributed by atoms with van der Waals surface area (Å²) >= 11 is 0. The molecule has 0 aromatic heterocycles. The summed E-state index contributed by atoms with van der Waals surface area (Å²) in [5.41, 5.74) is 0.515. The first-order chi connectivity index (χ1) is 11.2. The Hall–Kier alpha value is 0.0400. The van der Waals surface area contributed by atoms with Crippen LogP contribution in [0.25, 0.3) is 0 Å². The van der Waals surface area contributed by atoms with Gasteiger partial charge in [-0.05, 0) is 48.3 Å². The molecule has 0 N–H and O–H groups in total. The van der Waals surface area contributed by atoms with E-state index in [9.17, 15) is 9.59 Å². The summed E-state index contributed by atoms with van der Waals surface area (Å²) in [6, 6.07) is 0. The lowest BCUT2D eigenvalue weighted by Gasteiger charge is -2.57. The molecule has 6 saturated carbocycles. The molecule has 6 fully saturated rings. The van der Waals surface area contributed by atoms with Gasteiger partial charge in [-0.15, -0.1) is 0 Å². The lowest BCUT2D eigenvalue weighted by molar-refractivity contribution is -0.156. The number of Topliss-reactive ketones (excluding diaryl/α,β-unsaturated/α-hetero) is 2. The van der Waals surface area contributed by atoms with Crippen molar-refractivity contribution >= 4 is 33.2 Å². The van der Waals surface area contributed by atoms with Crippen molar-refractivity contribution in [2.75, 3.05) is 11.5 Å². The second-order valence-electron chi connectivity index (χ2n) is 9.85. The zero-order chi connectivity index (χ0) is 17.3. The summed E-state index contributed by atoms with van der Waals surface area (Å²) in [4.78, 5) is 25.1. The Kier molecular flexibility index (Phi) is 4.20. The van der Waals surface area contributed by atoms with E-state index in [1.54, 1.807) is 0 Å². The van der Waals surface area contributed by atoms with Crippen LogP contribution in [0, 0.1) is 46.3 Å². The Morgan fingerprint density at radius 2 is 1.12 bits per heavy atom. The van der Waals surface area contributed by atoms with Crippen LogP contribution in [-0.4, -0.2) is 23.1 Å². The van der Waals surface area contributed by atoms with Crippen LogP contribution in [0.5, 0.6) is 0 Å². The second kappa shape index (κ2) is 5.77. The molecule has 0 spiro atoms. The average Bonchev–Trinajstić information content (AvgIpc) is 2.52. The maximum absolute atomic E-state index is 12.6. The van der Waals surface area contributed by atoms with Crippen LogP contribution in [0.1, 0.15) is 53.4 Å². The molecule has 24 heavy (non-hydrogen) atoms. The normalized spacial score (nSPS) is 44.7. The van der Waals surface area contributed by atoms with Gasteiger partial charge in [-0.1, -0.05) is 49.3 Å². The van der Waals surface area contributed by atoms with Crippen molar-refractivity contribution in [1.29, 1.82) is 0 Å². The first-order valence-electron chi connectivity index (χ1n) is 9.54. The van der Waals surface area contributed by atoms with E-state index in [0.717, 1.165) is 49.0 Å². The predicted molar refractivity (Wildman–Crippen MR) is 102 cm³/mol. The van der Waals surface area contributed by atoms with Gasteiger partial charge in [0.05, 0.1) is 0 Å². The minimum absolute atomic E-state index is 0.258. The van der Waals surface area contributed by atoms with Crippen LogP contribution in [0.15, 0.2) is 0 Å². The molecular formula is C20H30O2S2. The largest absolute Gasteiger partial charge is 0.299 e. The van der Waals surface area contributed by atoms with Gasteiger partial charge in [-0.2, -0.15) is 0 Å². The van der Waals surface area contributed by atoms with Crippen molar-refractivity contribution in [1.82, 2.24) is 0 Å². The molecule has 134 valence electrons. The van der Waals surface area contributed by atoms with Gasteiger partial charge in [0, 0.05) is 35.2 Å². The third-order valence-corrected chi connectivity index (χ3v) is 10.8. The molecule has 4 bridgehead atoms. The summed E-state index contributed by atoms with van der Waals surface area (Å²) < 4.78 is 0. The number of hydrogen-bond donors (Lipinski definition) is 0. The molecule has 4 heteroatoms. The van der Waals surface area contributed by atoms with Crippen molar-refractivity contribution in [2.45, 2.75) is 53.4 Å². The van der Waals surface area contributed by atoms with Gasteiger partial charge in [-0.3, -0.25) is 9.59 Å². The zero-order valence-electron chi connectivity index (χ0n) is 15.3. The highest BCUT2D eigenvalue weighted by Crippen LogP contribution is 2.60. The van der Waals surface area contributed by atoms with Gasteiger partial charge in [-0.25, -0.2) is 0 Å². The highest BCUT2D eigenvalue weighted by molar-refractivity contribution is 8.76. The fraction of sp³-hybridized carbons (Fsp3) is 0.900. The summed E-state index contributed by atoms with van der Waals surface area (Å²) in [6.07, 6.45) is 4.46. The van der Waals surface area contributed by atoms with E-state index >= 15 is 0 Å². The molecule has 0 unspecified atom stereocenters. The molecular weight excluding hydrogens is 336 g/mol. The average molecular weight is 367 g/mol. The van der Waals surface area contributed by atoms with Crippen LogP contribution in [-0.2, 0) is 9.59 Å². The third-order valence-electron chi connectivity index (χ3n) is 8.19. The highest BCUT2D eigenvalue weighted by Gasteiger charge is 2.58. The van der Waals surface area contributed by atoms with Crippen molar-refractivity contribution in [3.05, 3.63) is 0 Å². The maximum atomic E-state index is 12.6. The van der Waals surface area contributed by atoms with Gasteiger partial charge < -0.3 is 0 Å². The van der Waals surface area contributed by atoms with E-state index in [4.69, 9.17) is 0 Å². The van der Waals surface area contributed by atoms with Crippen molar-refractivity contribution in [2.24, 2.45) is 46.3 Å². The first-order valence-corrected chi connectivity index (χ1v) is 12.0. The summed E-state index contributed by atoms with van der Waals surface area (Å²) in [5.74, 6) is 5.64. The predicted octanol–water partition coefficient (Wildman–Crippen LogP) is 4.87. The molecule has 0 aliphatic heterocycles. The van der Waals surface area contributed by atoms with E-state index in [-0.39, 0.29) is 22.7 Å². The summed E-state index contributed by atoms with van der Waals surface area (Å²) in [5, 5.41) is 0. The lowest BCUT2D eigenvalue weighted by atomic mass is 9.46. The van der Waals surface area contributed by atoms with Gasteiger partial charge in [0.1, 0.15) is 11.6 Å². The summed E-state index contributed by atoms with van der Waals surface area (Å²) in [7, 11) is 3.68. The quantitative estimate of drug-likeness (QED) is 0.513. The number of ketones is 2. The SMILES string of the molecule is CC1(C)[C@H]2C[C@@H](CSSC[C@@H]3C[C@H]4C[C@@H](C3=O)C4(C)C)C(=O)[C@@H]1C2. The Morgan fingerprint density at radius 1 is 0.750 bits per heavy atom.